The Morgan fingerprint density at radius 1 is 1.08 bits per heavy atom. The van der Waals surface area contributed by atoms with Crippen LogP contribution >= 0.6 is 0 Å². The lowest BCUT2D eigenvalue weighted by Gasteiger charge is -2.09. The minimum absolute atomic E-state index is 0.0321. The predicted molar refractivity (Wildman–Crippen MR) is 86.5 cm³/mol. The zero-order valence-corrected chi connectivity index (χ0v) is 13.4. The van der Waals surface area contributed by atoms with Crippen LogP contribution in [0.1, 0.15) is 34.6 Å². The molecular weight excluding hydrogens is 331 g/mol. The fourth-order valence-electron chi connectivity index (χ4n) is 2.97. The number of benzene rings is 2. The minimum atomic E-state index is -4.35. The highest BCUT2D eigenvalue weighted by Gasteiger charge is 2.44. The Kier molecular flexibility index (Phi) is 4.81. The lowest BCUT2D eigenvalue weighted by molar-refractivity contribution is -0.137. The fourth-order valence-corrected chi connectivity index (χ4v) is 2.97. The molecule has 2 aromatic carbocycles. The third kappa shape index (κ3) is 4.02. The van der Waals surface area contributed by atoms with Crippen molar-refractivity contribution in [1.82, 2.24) is 5.32 Å². The van der Waals surface area contributed by atoms with Crippen molar-refractivity contribution < 1.29 is 23.1 Å². The summed E-state index contributed by atoms with van der Waals surface area (Å²) in [6, 6.07) is 12.3. The highest BCUT2D eigenvalue weighted by Crippen LogP contribution is 2.48. The van der Waals surface area contributed by atoms with Crippen LogP contribution in [0.15, 0.2) is 48.5 Å². The van der Waals surface area contributed by atoms with E-state index in [-0.39, 0.29) is 24.3 Å². The highest BCUT2D eigenvalue weighted by molar-refractivity contribution is 5.82. The van der Waals surface area contributed by atoms with Crippen LogP contribution in [0, 0.1) is 5.92 Å². The van der Waals surface area contributed by atoms with Gasteiger partial charge in [-0.2, -0.15) is 13.2 Å². The Hall–Kier alpha value is -2.34. The molecule has 1 amide bonds. The molecule has 0 radical (unpaired) electrons. The number of amides is 1. The second-order valence-electron chi connectivity index (χ2n) is 6.21. The molecule has 0 aliphatic heterocycles. The molecule has 132 valence electrons. The molecule has 0 saturated heterocycles. The molecule has 3 rings (SSSR count). The molecule has 0 spiro atoms. The lowest BCUT2D eigenvalue weighted by atomic mass is 10.1. The first kappa shape index (κ1) is 17.5. The Labute approximate surface area is 143 Å². The summed E-state index contributed by atoms with van der Waals surface area (Å²) in [4.78, 5) is 12.2. The Balaban J connectivity index is 1.57. The first-order chi connectivity index (χ1) is 11.9. The summed E-state index contributed by atoms with van der Waals surface area (Å²) >= 11 is 0. The topological polar surface area (TPSA) is 49.3 Å². The minimum Gasteiger partial charge on any atom is -0.392 e. The van der Waals surface area contributed by atoms with Gasteiger partial charge in [-0.25, -0.2) is 0 Å². The molecule has 1 aliphatic rings. The highest BCUT2D eigenvalue weighted by atomic mass is 19.4. The van der Waals surface area contributed by atoms with Crippen molar-refractivity contribution in [1.29, 1.82) is 0 Å². The van der Waals surface area contributed by atoms with Crippen molar-refractivity contribution in [3.63, 3.8) is 0 Å². The van der Waals surface area contributed by atoms with E-state index in [1.54, 1.807) is 6.07 Å². The van der Waals surface area contributed by atoms with Crippen LogP contribution in [0.25, 0.3) is 0 Å². The van der Waals surface area contributed by atoms with Crippen LogP contribution in [-0.2, 0) is 24.1 Å². The summed E-state index contributed by atoms with van der Waals surface area (Å²) in [5.74, 6) is -0.356. The average molecular weight is 349 g/mol. The summed E-state index contributed by atoms with van der Waals surface area (Å²) in [5, 5.41) is 12.1. The van der Waals surface area contributed by atoms with Gasteiger partial charge >= 0.3 is 6.18 Å². The van der Waals surface area contributed by atoms with E-state index < -0.39 is 11.7 Å². The number of alkyl halides is 3. The molecule has 2 atom stereocenters. The van der Waals surface area contributed by atoms with E-state index in [0.717, 1.165) is 28.8 Å². The third-order valence-corrected chi connectivity index (χ3v) is 4.54. The normalized spacial score (nSPS) is 19.5. The van der Waals surface area contributed by atoms with Crippen LogP contribution < -0.4 is 5.32 Å². The summed E-state index contributed by atoms with van der Waals surface area (Å²) in [6.45, 7) is 0.232. The molecule has 1 fully saturated rings. The van der Waals surface area contributed by atoms with E-state index in [1.165, 1.54) is 12.1 Å². The number of carbonyl (C=O) groups is 1. The molecule has 1 saturated carbocycles. The second-order valence-corrected chi connectivity index (χ2v) is 6.21. The molecule has 3 nitrogen and oxygen atoms in total. The van der Waals surface area contributed by atoms with Crippen molar-refractivity contribution >= 4 is 5.91 Å². The number of rotatable bonds is 5. The van der Waals surface area contributed by atoms with Gasteiger partial charge < -0.3 is 10.4 Å². The quantitative estimate of drug-likeness (QED) is 0.866. The van der Waals surface area contributed by atoms with Crippen LogP contribution in [0.2, 0.25) is 0 Å². The zero-order valence-electron chi connectivity index (χ0n) is 13.4. The Bertz CT molecular complexity index is 756. The average Bonchev–Trinajstić information content (AvgIpc) is 3.40. The molecular formula is C19H18F3NO2. The molecule has 6 heteroatoms. The monoisotopic (exact) mass is 349 g/mol. The number of hydrogen-bond acceptors (Lipinski definition) is 2. The van der Waals surface area contributed by atoms with Gasteiger partial charge in [-0.05, 0) is 41.2 Å². The van der Waals surface area contributed by atoms with Crippen molar-refractivity contribution in [2.24, 2.45) is 5.92 Å². The van der Waals surface area contributed by atoms with Crippen molar-refractivity contribution in [3.05, 3.63) is 70.8 Å². The van der Waals surface area contributed by atoms with Crippen LogP contribution in [0.3, 0.4) is 0 Å². The molecule has 2 N–H and O–H groups in total. The van der Waals surface area contributed by atoms with Gasteiger partial charge in [0.1, 0.15) is 0 Å². The van der Waals surface area contributed by atoms with Crippen molar-refractivity contribution in [2.75, 3.05) is 0 Å². The number of aliphatic hydroxyl groups excluding tert-OH is 1. The number of carbonyl (C=O) groups excluding carboxylic acids is 1. The van der Waals surface area contributed by atoms with Crippen molar-refractivity contribution in [2.45, 2.75) is 31.7 Å². The first-order valence-electron chi connectivity index (χ1n) is 8.02. The van der Waals surface area contributed by atoms with E-state index in [0.29, 0.717) is 13.0 Å². The third-order valence-electron chi connectivity index (χ3n) is 4.54. The molecule has 2 aromatic rings. The maximum atomic E-state index is 12.6. The zero-order chi connectivity index (χ0) is 18.0. The predicted octanol–water partition coefficient (Wildman–Crippen LogP) is 3.62. The molecule has 0 heterocycles. The summed E-state index contributed by atoms with van der Waals surface area (Å²) in [6.07, 6.45) is -3.71. The number of nitrogens with one attached hydrogen (secondary N) is 1. The molecule has 2 unspecified atom stereocenters. The largest absolute Gasteiger partial charge is 0.416 e. The standard InChI is InChI=1S/C19H18F3NO2/c20-19(21,22)15-7-5-12(6-8-15)16-9-17(16)18(25)23-10-13-3-1-2-4-14(13)11-24/h1-8,16-17,24H,9-11H2,(H,23,25). The van der Waals surface area contributed by atoms with E-state index >= 15 is 0 Å². The first-order valence-corrected chi connectivity index (χ1v) is 8.02. The summed E-state index contributed by atoms with van der Waals surface area (Å²) < 4.78 is 37.7. The van der Waals surface area contributed by atoms with Gasteiger partial charge in [0.15, 0.2) is 0 Å². The molecule has 1 aliphatic carbocycles. The molecule has 25 heavy (non-hydrogen) atoms. The van der Waals surface area contributed by atoms with Gasteiger partial charge in [-0.3, -0.25) is 4.79 Å². The van der Waals surface area contributed by atoms with E-state index in [4.69, 9.17) is 0 Å². The molecule has 0 bridgehead atoms. The van der Waals surface area contributed by atoms with E-state index in [2.05, 4.69) is 5.32 Å². The lowest BCUT2D eigenvalue weighted by Crippen LogP contribution is -2.25. The maximum absolute atomic E-state index is 12.6. The summed E-state index contributed by atoms with van der Waals surface area (Å²) in [5.41, 5.74) is 1.69. The van der Waals surface area contributed by atoms with Crippen LogP contribution in [0.4, 0.5) is 13.2 Å². The van der Waals surface area contributed by atoms with Gasteiger partial charge in [0.25, 0.3) is 0 Å². The van der Waals surface area contributed by atoms with Crippen LogP contribution in [0.5, 0.6) is 0 Å². The summed E-state index contributed by atoms with van der Waals surface area (Å²) in [7, 11) is 0. The van der Waals surface area contributed by atoms with Gasteiger partial charge in [-0.1, -0.05) is 36.4 Å². The van der Waals surface area contributed by atoms with Gasteiger partial charge in [0.2, 0.25) is 5.91 Å². The number of hydrogen-bond donors (Lipinski definition) is 2. The Morgan fingerprint density at radius 2 is 1.72 bits per heavy atom. The second kappa shape index (κ2) is 6.88. The van der Waals surface area contributed by atoms with Gasteiger partial charge in [0.05, 0.1) is 12.2 Å². The fraction of sp³-hybridized carbons (Fsp3) is 0.316. The van der Waals surface area contributed by atoms with Gasteiger partial charge in [-0.15, -0.1) is 0 Å². The number of aliphatic hydroxyl groups is 1. The smallest absolute Gasteiger partial charge is 0.392 e. The number of halogens is 3. The Morgan fingerprint density at radius 3 is 2.32 bits per heavy atom. The SMILES string of the molecule is O=C(NCc1ccccc1CO)C1CC1c1ccc(C(F)(F)F)cc1. The van der Waals surface area contributed by atoms with E-state index in [1.807, 2.05) is 18.2 Å². The van der Waals surface area contributed by atoms with Crippen LogP contribution in [-0.4, -0.2) is 11.0 Å². The molecule has 0 aromatic heterocycles. The maximum Gasteiger partial charge on any atom is 0.416 e. The van der Waals surface area contributed by atoms with Crippen molar-refractivity contribution in [3.8, 4) is 0 Å². The van der Waals surface area contributed by atoms with E-state index in [9.17, 15) is 23.1 Å². The van der Waals surface area contributed by atoms with Gasteiger partial charge in [0, 0.05) is 12.5 Å².